The van der Waals surface area contributed by atoms with Gasteiger partial charge in [0.15, 0.2) is 16.3 Å². The van der Waals surface area contributed by atoms with Gasteiger partial charge in [0.25, 0.3) is 5.56 Å². The molecule has 1 aliphatic heterocycles. The van der Waals surface area contributed by atoms with E-state index in [2.05, 4.69) is 0 Å². The number of thiazole rings is 1. The summed E-state index contributed by atoms with van der Waals surface area (Å²) < 4.78 is 24.6. The Balaban J connectivity index is 1.99. The predicted octanol–water partition coefficient (Wildman–Crippen LogP) is 5.04. The minimum absolute atomic E-state index is 0.186. The van der Waals surface area contributed by atoms with Gasteiger partial charge in [0.2, 0.25) is 0 Å². The van der Waals surface area contributed by atoms with Crippen LogP contribution in [0.1, 0.15) is 57.7 Å². The summed E-state index contributed by atoms with van der Waals surface area (Å²) in [7, 11) is 1.54. The Kier molecular flexibility index (Phi) is 9.71. The van der Waals surface area contributed by atoms with Crippen molar-refractivity contribution in [2.45, 2.75) is 46.6 Å². The zero-order valence-electron chi connectivity index (χ0n) is 23.3. The number of ether oxygens (including phenoxy) is 4. The summed E-state index contributed by atoms with van der Waals surface area (Å²) in [4.78, 5) is 32.7. The minimum atomic E-state index is -0.827. The summed E-state index contributed by atoms with van der Waals surface area (Å²) in [6.45, 7) is 8.74. The molecule has 212 valence electrons. The Hall–Kier alpha value is -3.56. The molecule has 4 rings (SSSR count). The number of methoxy groups -OCH3 is 1. The highest BCUT2D eigenvalue weighted by molar-refractivity contribution is 7.07. The number of aromatic nitrogens is 1. The van der Waals surface area contributed by atoms with Crippen molar-refractivity contribution in [2.75, 3.05) is 26.9 Å². The average molecular weight is 585 g/mol. The molecule has 0 aliphatic carbocycles. The zero-order valence-corrected chi connectivity index (χ0v) is 24.9. The third kappa shape index (κ3) is 5.95. The molecule has 10 heteroatoms. The van der Waals surface area contributed by atoms with Crippen molar-refractivity contribution in [3.05, 3.63) is 83.5 Å². The number of benzene rings is 2. The first kappa shape index (κ1) is 29.4. The molecule has 0 saturated carbocycles. The van der Waals surface area contributed by atoms with E-state index >= 15 is 0 Å². The second-order valence-corrected chi connectivity index (χ2v) is 10.3. The average Bonchev–Trinajstić information content (AvgIpc) is 3.24. The molecule has 0 bridgehead atoms. The van der Waals surface area contributed by atoms with Crippen LogP contribution in [0.4, 0.5) is 0 Å². The predicted molar refractivity (Wildman–Crippen MR) is 156 cm³/mol. The van der Waals surface area contributed by atoms with E-state index in [1.54, 1.807) is 38.3 Å². The van der Waals surface area contributed by atoms with Crippen molar-refractivity contribution in [2.24, 2.45) is 4.99 Å². The molecule has 0 N–H and O–H groups in total. The van der Waals surface area contributed by atoms with Crippen LogP contribution in [-0.2, 0) is 9.53 Å². The lowest BCUT2D eigenvalue weighted by Gasteiger charge is -2.27. The van der Waals surface area contributed by atoms with Gasteiger partial charge in [-0.2, -0.15) is 0 Å². The topological polar surface area (TPSA) is 88.4 Å². The molecule has 0 spiro atoms. The fourth-order valence-corrected chi connectivity index (χ4v) is 5.84. The number of nitrogens with zero attached hydrogens (tertiary/aromatic N) is 2. The van der Waals surface area contributed by atoms with Crippen LogP contribution in [0.3, 0.4) is 0 Å². The second-order valence-electron chi connectivity index (χ2n) is 8.87. The lowest BCUT2D eigenvalue weighted by Crippen LogP contribution is -2.40. The first-order valence-corrected chi connectivity index (χ1v) is 14.5. The van der Waals surface area contributed by atoms with Gasteiger partial charge in [0.05, 0.1) is 42.7 Å². The number of allylic oxidation sites excluding steroid dienone is 1. The summed E-state index contributed by atoms with van der Waals surface area (Å²) in [5.41, 5.74) is 1.95. The standard InChI is InChI=1S/C30H33ClN2O6S/c1-6-10-21-26(29(35)39-9-4)27(20-17-19(31)12-14-22(20)36-5)33-28(34)25(40-30(33)32-21)16-18-11-13-23(37-7-2)24(15-18)38-8-3/h11-17,27H,6-10H2,1-5H3/b25-16+/t27-/m0/s1. The first-order chi connectivity index (χ1) is 19.4. The summed E-state index contributed by atoms with van der Waals surface area (Å²) in [6.07, 6.45) is 3.08. The monoisotopic (exact) mass is 584 g/mol. The number of hydrogen-bond donors (Lipinski definition) is 0. The van der Waals surface area contributed by atoms with Gasteiger partial charge in [-0.1, -0.05) is 42.3 Å². The Morgan fingerprint density at radius 2 is 1.75 bits per heavy atom. The van der Waals surface area contributed by atoms with E-state index in [1.165, 1.54) is 15.9 Å². The zero-order chi connectivity index (χ0) is 28.8. The van der Waals surface area contributed by atoms with Crippen molar-refractivity contribution in [1.82, 2.24) is 4.57 Å². The van der Waals surface area contributed by atoms with E-state index in [0.717, 1.165) is 12.0 Å². The normalized spacial score (nSPS) is 14.9. The fraction of sp³-hybridized carbons (Fsp3) is 0.367. The number of halogens is 1. The quantitative estimate of drug-likeness (QED) is 0.294. The Morgan fingerprint density at radius 1 is 1.02 bits per heavy atom. The van der Waals surface area contributed by atoms with Crippen LogP contribution in [0.5, 0.6) is 17.2 Å². The maximum absolute atomic E-state index is 14.0. The summed E-state index contributed by atoms with van der Waals surface area (Å²) in [6, 6.07) is 9.87. The lowest BCUT2D eigenvalue weighted by molar-refractivity contribution is -0.139. The van der Waals surface area contributed by atoms with Gasteiger partial charge in [-0.25, -0.2) is 9.79 Å². The van der Waals surface area contributed by atoms with Gasteiger partial charge < -0.3 is 18.9 Å². The lowest BCUT2D eigenvalue weighted by atomic mass is 9.93. The van der Waals surface area contributed by atoms with E-state index < -0.39 is 12.0 Å². The largest absolute Gasteiger partial charge is 0.496 e. The molecule has 40 heavy (non-hydrogen) atoms. The van der Waals surface area contributed by atoms with Gasteiger partial charge in [-0.3, -0.25) is 9.36 Å². The number of hydrogen-bond acceptors (Lipinski definition) is 8. The van der Waals surface area contributed by atoms with Crippen LogP contribution in [0.25, 0.3) is 6.08 Å². The van der Waals surface area contributed by atoms with E-state index in [4.69, 9.17) is 35.5 Å². The molecular formula is C30H33ClN2O6S. The van der Waals surface area contributed by atoms with Crippen LogP contribution < -0.4 is 29.1 Å². The maximum Gasteiger partial charge on any atom is 0.338 e. The highest BCUT2D eigenvalue weighted by atomic mass is 35.5. The molecule has 1 aliphatic rings. The minimum Gasteiger partial charge on any atom is -0.496 e. The molecule has 0 saturated heterocycles. The molecule has 1 aromatic heterocycles. The Bertz CT molecular complexity index is 1610. The molecule has 3 aromatic rings. The fourth-order valence-electron chi connectivity index (χ4n) is 4.64. The van der Waals surface area contributed by atoms with Gasteiger partial charge in [0, 0.05) is 10.6 Å². The molecule has 0 fully saturated rings. The number of fused-ring (bicyclic) bond motifs is 1. The molecule has 2 aromatic carbocycles. The van der Waals surface area contributed by atoms with Gasteiger partial charge in [-0.15, -0.1) is 0 Å². The van der Waals surface area contributed by atoms with Crippen molar-refractivity contribution in [1.29, 1.82) is 0 Å². The third-order valence-corrected chi connectivity index (χ3v) is 7.46. The first-order valence-electron chi connectivity index (χ1n) is 13.3. The van der Waals surface area contributed by atoms with Crippen LogP contribution in [0, 0.1) is 0 Å². The Labute approximate surface area is 242 Å². The van der Waals surface area contributed by atoms with Crippen molar-refractivity contribution >= 4 is 35.0 Å². The molecule has 1 atom stereocenters. The number of carbonyl (C=O) groups excluding carboxylic acids is 1. The van der Waals surface area contributed by atoms with Crippen molar-refractivity contribution in [3.63, 3.8) is 0 Å². The van der Waals surface area contributed by atoms with Crippen molar-refractivity contribution in [3.8, 4) is 17.2 Å². The molecule has 8 nitrogen and oxygen atoms in total. The Morgan fingerprint density at radius 3 is 2.42 bits per heavy atom. The summed E-state index contributed by atoms with van der Waals surface area (Å²) in [5, 5.41) is 0.452. The van der Waals surface area contributed by atoms with Gasteiger partial charge >= 0.3 is 5.97 Å². The van der Waals surface area contributed by atoms with Crippen LogP contribution in [0.15, 0.2) is 57.5 Å². The molecule has 0 radical (unpaired) electrons. The maximum atomic E-state index is 14.0. The molecule has 0 amide bonds. The van der Waals surface area contributed by atoms with Crippen molar-refractivity contribution < 1.29 is 23.7 Å². The van der Waals surface area contributed by atoms with Gasteiger partial charge in [0.1, 0.15) is 11.8 Å². The second kappa shape index (κ2) is 13.2. The SMILES string of the molecule is CCCC1=C(C(=O)OCC)[C@H](c2cc(Cl)ccc2OC)n2c(s/c(=C/c3ccc(OCC)c(OCC)c3)c2=O)=N1. The van der Waals surface area contributed by atoms with Crippen LogP contribution in [0.2, 0.25) is 5.02 Å². The van der Waals surface area contributed by atoms with Crippen LogP contribution >= 0.6 is 22.9 Å². The van der Waals surface area contributed by atoms with Crippen LogP contribution in [-0.4, -0.2) is 37.5 Å². The summed E-state index contributed by atoms with van der Waals surface area (Å²) >= 11 is 7.67. The highest BCUT2D eigenvalue weighted by Gasteiger charge is 2.36. The number of esters is 1. The third-order valence-electron chi connectivity index (χ3n) is 6.24. The number of rotatable bonds is 11. The van der Waals surface area contributed by atoms with Gasteiger partial charge in [-0.05, 0) is 69.2 Å². The molecule has 2 heterocycles. The smallest absolute Gasteiger partial charge is 0.338 e. The summed E-state index contributed by atoms with van der Waals surface area (Å²) in [5.74, 6) is 1.21. The van der Waals surface area contributed by atoms with E-state index in [9.17, 15) is 9.59 Å². The van der Waals surface area contributed by atoms with E-state index in [0.29, 0.717) is 68.1 Å². The van der Waals surface area contributed by atoms with E-state index in [-0.39, 0.29) is 12.2 Å². The van der Waals surface area contributed by atoms with E-state index in [1.807, 2.05) is 39.0 Å². The highest BCUT2D eigenvalue weighted by Crippen LogP contribution is 2.38. The number of carbonyl (C=O) groups is 1. The molecule has 0 unspecified atom stereocenters. The molecular weight excluding hydrogens is 552 g/mol.